The maximum Gasteiger partial charge on any atom is 0.289 e. The summed E-state index contributed by atoms with van der Waals surface area (Å²) in [5, 5.41) is 6.60. The average molecular weight is 260 g/mol. The highest BCUT2D eigenvalue weighted by Gasteiger charge is 2.20. The van der Waals surface area contributed by atoms with Crippen molar-refractivity contribution in [1.82, 2.24) is 20.0 Å². The number of imidazole rings is 1. The van der Waals surface area contributed by atoms with Gasteiger partial charge in [0.2, 0.25) is 5.76 Å². The highest BCUT2D eigenvalue weighted by Crippen LogP contribution is 2.18. The SMILES string of the molecule is Cc1cc(C(=O)NC[C@H]2CCn3ccnc3C2)on1. The van der Waals surface area contributed by atoms with Crippen LogP contribution in [-0.2, 0) is 13.0 Å². The predicted octanol–water partition coefficient (Wildman–Crippen LogP) is 1.17. The zero-order valence-corrected chi connectivity index (χ0v) is 10.8. The van der Waals surface area contributed by atoms with Crippen molar-refractivity contribution >= 4 is 5.91 Å². The van der Waals surface area contributed by atoms with Crippen molar-refractivity contribution in [3.8, 4) is 0 Å². The van der Waals surface area contributed by atoms with E-state index in [4.69, 9.17) is 4.52 Å². The van der Waals surface area contributed by atoms with Gasteiger partial charge in [-0.25, -0.2) is 4.98 Å². The second-order valence-corrected chi connectivity index (χ2v) is 4.94. The van der Waals surface area contributed by atoms with Gasteiger partial charge in [-0.3, -0.25) is 4.79 Å². The topological polar surface area (TPSA) is 73.0 Å². The normalized spacial score (nSPS) is 18.1. The number of aryl methyl sites for hydroxylation is 2. The minimum atomic E-state index is -0.200. The zero-order chi connectivity index (χ0) is 13.2. The van der Waals surface area contributed by atoms with E-state index in [9.17, 15) is 4.79 Å². The van der Waals surface area contributed by atoms with Gasteiger partial charge in [-0.1, -0.05) is 5.16 Å². The van der Waals surface area contributed by atoms with Gasteiger partial charge in [0.05, 0.1) is 5.69 Å². The third-order valence-corrected chi connectivity index (χ3v) is 3.45. The molecule has 0 radical (unpaired) electrons. The van der Waals surface area contributed by atoms with Gasteiger partial charge in [0.25, 0.3) is 5.91 Å². The molecule has 1 atom stereocenters. The summed E-state index contributed by atoms with van der Waals surface area (Å²) in [4.78, 5) is 16.1. The molecule has 1 N–H and O–H groups in total. The van der Waals surface area contributed by atoms with Gasteiger partial charge in [0.15, 0.2) is 0 Å². The van der Waals surface area contributed by atoms with Crippen LogP contribution in [0.4, 0.5) is 0 Å². The molecule has 0 fully saturated rings. The highest BCUT2D eigenvalue weighted by atomic mass is 16.5. The summed E-state index contributed by atoms with van der Waals surface area (Å²) in [6.07, 6.45) is 5.79. The first-order valence-electron chi connectivity index (χ1n) is 6.44. The molecule has 0 bridgehead atoms. The van der Waals surface area contributed by atoms with E-state index in [1.807, 2.05) is 12.4 Å². The average Bonchev–Trinajstić information content (AvgIpc) is 3.03. The number of rotatable bonds is 3. The smallest absolute Gasteiger partial charge is 0.289 e. The number of amides is 1. The Kier molecular flexibility index (Phi) is 3.06. The Morgan fingerprint density at radius 1 is 1.63 bits per heavy atom. The standard InChI is InChI=1S/C13H16N4O2/c1-9-6-11(19-16-9)13(18)15-8-10-2-4-17-5-3-14-12(17)7-10/h3,5-6,10H,2,4,7-8H2,1H3,(H,15,18)/t10-/m0/s1. The molecule has 0 aliphatic carbocycles. The molecule has 0 saturated carbocycles. The number of nitrogens with zero attached hydrogens (tertiary/aromatic N) is 3. The second-order valence-electron chi connectivity index (χ2n) is 4.94. The van der Waals surface area contributed by atoms with Crippen LogP contribution >= 0.6 is 0 Å². The lowest BCUT2D eigenvalue weighted by atomic mass is 9.98. The maximum absolute atomic E-state index is 11.8. The van der Waals surface area contributed by atoms with Crippen LogP contribution in [0.1, 0.15) is 28.5 Å². The van der Waals surface area contributed by atoms with Gasteiger partial charge in [0, 0.05) is 38.0 Å². The Morgan fingerprint density at radius 2 is 2.53 bits per heavy atom. The van der Waals surface area contributed by atoms with E-state index in [1.54, 1.807) is 13.0 Å². The lowest BCUT2D eigenvalue weighted by molar-refractivity contribution is 0.0907. The Labute approximate surface area is 110 Å². The molecule has 0 saturated heterocycles. The van der Waals surface area contributed by atoms with Crippen molar-refractivity contribution in [2.75, 3.05) is 6.54 Å². The van der Waals surface area contributed by atoms with Crippen molar-refractivity contribution in [2.45, 2.75) is 26.3 Å². The Morgan fingerprint density at radius 3 is 3.32 bits per heavy atom. The van der Waals surface area contributed by atoms with Gasteiger partial charge >= 0.3 is 0 Å². The fourth-order valence-electron chi connectivity index (χ4n) is 2.38. The van der Waals surface area contributed by atoms with Crippen LogP contribution in [0.25, 0.3) is 0 Å². The molecule has 2 aromatic heterocycles. The summed E-state index contributed by atoms with van der Waals surface area (Å²) in [6, 6.07) is 1.64. The van der Waals surface area contributed by atoms with E-state index in [-0.39, 0.29) is 11.7 Å². The molecule has 0 spiro atoms. The molecule has 1 aliphatic heterocycles. The van der Waals surface area contributed by atoms with Crippen molar-refractivity contribution in [3.05, 3.63) is 35.7 Å². The molecule has 100 valence electrons. The Hall–Kier alpha value is -2.11. The molecule has 0 aromatic carbocycles. The van der Waals surface area contributed by atoms with E-state index in [2.05, 4.69) is 20.0 Å². The number of carbonyl (C=O) groups is 1. The Balaban J connectivity index is 1.55. The van der Waals surface area contributed by atoms with Crippen molar-refractivity contribution < 1.29 is 9.32 Å². The third kappa shape index (κ3) is 2.52. The summed E-state index contributed by atoms with van der Waals surface area (Å²) in [7, 11) is 0. The summed E-state index contributed by atoms with van der Waals surface area (Å²) in [5.41, 5.74) is 0.713. The van der Waals surface area contributed by atoms with Crippen LogP contribution in [0.3, 0.4) is 0 Å². The Bertz CT molecular complexity index is 587. The van der Waals surface area contributed by atoms with E-state index in [0.29, 0.717) is 18.2 Å². The number of hydrogen-bond donors (Lipinski definition) is 1. The molecule has 3 heterocycles. The largest absolute Gasteiger partial charge is 0.351 e. The molecule has 3 rings (SSSR count). The van der Waals surface area contributed by atoms with Gasteiger partial charge in [-0.05, 0) is 19.3 Å². The van der Waals surface area contributed by atoms with Crippen LogP contribution in [0.2, 0.25) is 0 Å². The monoisotopic (exact) mass is 260 g/mol. The first-order valence-corrected chi connectivity index (χ1v) is 6.44. The maximum atomic E-state index is 11.8. The van der Waals surface area contributed by atoms with Crippen LogP contribution < -0.4 is 5.32 Å². The van der Waals surface area contributed by atoms with Gasteiger partial charge in [0.1, 0.15) is 5.82 Å². The predicted molar refractivity (Wildman–Crippen MR) is 67.6 cm³/mol. The number of aromatic nitrogens is 3. The van der Waals surface area contributed by atoms with E-state index in [1.165, 1.54) is 0 Å². The van der Waals surface area contributed by atoms with E-state index >= 15 is 0 Å². The second kappa shape index (κ2) is 4.87. The van der Waals surface area contributed by atoms with E-state index in [0.717, 1.165) is 25.2 Å². The molecular formula is C13H16N4O2. The van der Waals surface area contributed by atoms with Gasteiger partial charge < -0.3 is 14.4 Å². The first-order chi connectivity index (χ1) is 9.22. The summed E-state index contributed by atoms with van der Waals surface area (Å²) in [5.74, 6) is 1.60. The molecule has 1 amide bonds. The molecule has 2 aromatic rings. The van der Waals surface area contributed by atoms with Gasteiger partial charge in [-0.2, -0.15) is 0 Å². The van der Waals surface area contributed by atoms with Gasteiger partial charge in [-0.15, -0.1) is 0 Å². The lowest BCUT2D eigenvalue weighted by Gasteiger charge is -2.23. The number of carbonyl (C=O) groups excluding carboxylic acids is 1. The minimum absolute atomic E-state index is 0.200. The van der Waals surface area contributed by atoms with Crippen LogP contribution in [0.5, 0.6) is 0 Å². The molecule has 19 heavy (non-hydrogen) atoms. The summed E-state index contributed by atoms with van der Waals surface area (Å²) in [6.45, 7) is 3.41. The number of nitrogens with one attached hydrogen (secondary N) is 1. The number of hydrogen-bond acceptors (Lipinski definition) is 4. The molecule has 1 aliphatic rings. The number of fused-ring (bicyclic) bond motifs is 1. The van der Waals surface area contributed by atoms with Crippen LogP contribution in [-0.4, -0.2) is 27.2 Å². The quantitative estimate of drug-likeness (QED) is 0.899. The third-order valence-electron chi connectivity index (χ3n) is 3.45. The van der Waals surface area contributed by atoms with Crippen molar-refractivity contribution in [1.29, 1.82) is 0 Å². The van der Waals surface area contributed by atoms with Crippen LogP contribution in [0, 0.1) is 12.8 Å². The molecule has 6 nitrogen and oxygen atoms in total. The lowest BCUT2D eigenvalue weighted by Crippen LogP contribution is -2.33. The van der Waals surface area contributed by atoms with Crippen LogP contribution in [0.15, 0.2) is 23.0 Å². The fraction of sp³-hybridized carbons (Fsp3) is 0.462. The highest BCUT2D eigenvalue weighted by molar-refractivity contribution is 5.91. The molecule has 0 unspecified atom stereocenters. The van der Waals surface area contributed by atoms with E-state index < -0.39 is 0 Å². The fourth-order valence-corrected chi connectivity index (χ4v) is 2.38. The zero-order valence-electron chi connectivity index (χ0n) is 10.8. The molecule has 6 heteroatoms. The van der Waals surface area contributed by atoms with Crippen molar-refractivity contribution in [3.63, 3.8) is 0 Å². The molecular weight excluding hydrogens is 244 g/mol. The first kappa shape index (κ1) is 12.0. The van der Waals surface area contributed by atoms with Crippen molar-refractivity contribution in [2.24, 2.45) is 5.92 Å². The summed E-state index contributed by atoms with van der Waals surface area (Å²) < 4.78 is 7.10. The minimum Gasteiger partial charge on any atom is -0.351 e. The summed E-state index contributed by atoms with van der Waals surface area (Å²) >= 11 is 0.